The lowest BCUT2D eigenvalue weighted by Crippen LogP contribution is -2.07. The zero-order valence-corrected chi connectivity index (χ0v) is 7.67. The summed E-state index contributed by atoms with van der Waals surface area (Å²) in [6.07, 6.45) is 7.96. The third kappa shape index (κ3) is 5.46. The average molecular weight is 151 g/mol. The monoisotopic (exact) mass is 151 g/mol. The minimum Gasteiger partial charge on any atom is -0.381 e. The van der Waals surface area contributed by atoms with E-state index in [4.69, 9.17) is 0 Å². The highest BCUT2D eigenvalue weighted by Crippen LogP contribution is 1.93. The fourth-order valence-electron chi connectivity index (χ4n) is 0.515. The van der Waals surface area contributed by atoms with Gasteiger partial charge >= 0.3 is 0 Å². The Morgan fingerprint density at radius 1 is 1.55 bits per heavy atom. The first kappa shape index (κ1) is 10.0. The Kier molecular flexibility index (Phi) is 5.26. The lowest BCUT2D eigenvalue weighted by Gasteiger charge is -2.07. The van der Waals surface area contributed by atoms with E-state index in [1.54, 1.807) is 0 Å². The Morgan fingerprint density at radius 3 is 2.64 bits per heavy atom. The lowest BCUT2D eigenvalue weighted by atomic mass is 10.3. The van der Waals surface area contributed by atoms with Gasteiger partial charge in [-0.3, -0.25) is 0 Å². The first-order chi connectivity index (χ1) is 5.20. The van der Waals surface area contributed by atoms with Gasteiger partial charge in [0, 0.05) is 13.6 Å². The van der Waals surface area contributed by atoms with Crippen molar-refractivity contribution in [1.29, 1.82) is 0 Å². The minimum atomic E-state index is 1.04. The van der Waals surface area contributed by atoms with Gasteiger partial charge in [0.15, 0.2) is 0 Å². The van der Waals surface area contributed by atoms with Crippen LogP contribution in [0.25, 0.3) is 0 Å². The maximum Gasteiger partial charge on any atom is 0.0140 e. The van der Waals surface area contributed by atoms with E-state index in [-0.39, 0.29) is 0 Å². The highest BCUT2D eigenvalue weighted by Gasteiger charge is 1.80. The second-order valence-electron chi connectivity index (χ2n) is 2.53. The average Bonchev–Trinajstić information content (AvgIpc) is 2.04. The summed E-state index contributed by atoms with van der Waals surface area (Å²) in [5.41, 5.74) is 1.19. The molecule has 1 heteroatoms. The van der Waals surface area contributed by atoms with Crippen molar-refractivity contribution >= 4 is 0 Å². The van der Waals surface area contributed by atoms with Crippen molar-refractivity contribution in [1.82, 2.24) is 4.90 Å². The summed E-state index contributed by atoms with van der Waals surface area (Å²) in [4.78, 5) is 2.12. The molecule has 0 N–H and O–H groups in total. The van der Waals surface area contributed by atoms with E-state index in [0.717, 1.165) is 6.54 Å². The minimum absolute atomic E-state index is 1.04. The van der Waals surface area contributed by atoms with Crippen LogP contribution in [-0.2, 0) is 0 Å². The number of allylic oxidation sites excluding steroid dienone is 4. The normalized spacial score (nSPS) is 12.1. The van der Waals surface area contributed by atoms with E-state index in [1.807, 2.05) is 38.4 Å². The van der Waals surface area contributed by atoms with Crippen molar-refractivity contribution in [2.45, 2.75) is 13.8 Å². The third-order valence-electron chi connectivity index (χ3n) is 1.52. The quantitative estimate of drug-likeness (QED) is 0.558. The molecule has 62 valence electrons. The summed E-state index contributed by atoms with van der Waals surface area (Å²) >= 11 is 0. The molecule has 0 saturated heterocycles. The number of hydrogen-bond acceptors (Lipinski definition) is 1. The number of rotatable bonds is 4. The molecule has 0 atom stereocenters. The van der Waals surface area contributed by atoms with E-state index in [1.165, 1.54) is 5.57 Å². The van der Waals surface area contributed by atoms with Crippen molar-refractivity contribution in [3.63, 3.8) is 0 Å². The highest BCUT2D eigenvalue weighted by molar-refractivity contribution is 5.19. The molecule has 0 unspecified atom stereocenters. The molecule has 0 rings (SSSR count). The van der Waals surface area contributed by atoms with Crippen molar-refractivity contribution in [2.24, 2.45) is 0 Å². The molecular weight excluding hydrogens is 134 g/mol. The molecule has 0 aliphatic rings. The van der Waals surface area contributed by atoms with Gasteiger partial charge < -0.3 is 4.90 Å². The maximum atomic E-state index is 3.66. The van der Waals surface area contributed by atoms with Crippen LogP contribution in [0.2, 0.25) is 0 Å². The van der Waals surface area contributed by atoms with Gasteiger partial charge in [0.1, 0.15) is 0 Å². The van der Waals surface area contributed by atoms with Crippen LogP contribution in [-0.4, -0.2) is 18.5 Å². The molecule has 0 aromatic rings. The Balaban J connectivity index is 3.84. The molecule has 11 heavy (non-hydrogen) atoms. The second kappa shape index (κ2) is 5.78. The number of nitrogens with zero attached hydrogens (tertiary/aromatic N) is 1. The SMILES string of the molecule is C=C/C(C)=C\C=C\N(C)CC. The molecule has 0 radical (unpaired) electrons. The molecule has 0 aliphatic carbocycles. The van der Waals surface area contributed by atoms with Gasteiger partial charge in [0.25, 0.3) is 0 Å². The van der Waals surface area contributed by atoms with Crippen molar-refractivity contribution in [3.8, 4) is 0 Å². The summed E-state index contributed by atoms with van der Waals surface area (Å²) in [5, 5.41) is 0. The van der Waals surface area contributed by atoms with E-state index in [2.05, 4.69) is 18.4 Å². The fraction of sp³-hybridized carbons (Fsp3) is 0.400. The molecule has 0 aromatic carbocycles. The predicted molar refractivity (Wildman–Crippen MR) is 51.4 cm³/mol. The van der Waals surface area contributed by atoms with Crippen LogP contribution in [0.3, 0.4) is 0 Å². The molecule has 0 aliphatic heterocycles. The van der Waals surface area contributed by atoms with Gasteiger partial charge in [-0.1, -0.05) is 24.3 Å². The molecule has 0 saturated carbocycles. The molecule has 0 spiro atoms. The van der Waals surface area contributed by atoms with Crippen molar-refractivity contribution < 1.29 is 0 Å². The van der Waals surface area contributed by atoms with Crippen LogP contribution in [0.15, 0.2) is 36.6 Å². The van der Waals surface area contributed by atoms with Gasteiger partial charge in [0.2, 0.25) is 0 Å². The standard InChI is InChI=1S/C10H17N/c1-5-10(3)8-7-9-11(4)6-2/h5,7-9H,1,6H2,2-4H3/b9-7+,10-8-. The number of hydrogen-bond donors (Lipinski definition) is 0. The first-order valence-electron chi connectivity index (χ1n) is 3.88. The first-order valence-corrected chi connectivity index (χ1v) is 3.88. The Bertz CT molecular complexity index is 166. The van der Waals surface area contributed by atoms with Crippen LogP contribution in [0.4, 0.5) is 0 Å². The topological polar surface area (TPSA) is 3.24 Å². The van der Waals surface area contributed by atoms with Crippen molar-refractivity contribution in [2.75, 3.05) is 13.6 Å². The van der Waals surface area contributed by atoms with Crippen LogP contribution in [0.5, 0.6) is 0 Å². The predicted octanol–water partition coefficient (Wildman–Crippen LogP) is 2.58. The second-order valence-corrected chi connectivity index (χ2v) is 2.53. The Morgan fingerprint density at radius 2 is 2.18 bits per heavy atom. The zero-order valence-electron chi connectivity index (χ0n) is 7.67. The van der Waals surface area contributed by atoms with Gasteiger partial charge in [-0.15, -0.1) is 0 Å². The van der Waals surface area contributed by atoms with E-state index in [9.17, 15) is 0 Å². The lowest BCUT2D eigenvalue weighted by molar-refractivity contribution is 0.484. The third-order valence-corrected chi connectivity index (χ3v) is 1.52. The maximum absolute atomic E-state index is 3.66. The smallest absolute Gasteiger partial charge is 0.0140 e. The fourth-order valence-corrected chi connectivity index (χ4v) is 0.515. The van der Waals surface area contributed by atoms with E-state index >= 15 is 0 Å². The van der Waals surface area contributed by atoms with Crippen LogP contribution in [0, 0.1) is 0 Å². The summed E-state index contributed by atoms with van der Waals surface area (Å²) < 4.78 is 0. The summed E-state index contributed by atoms with van der Waals surface area (Å²) in [5.74, 6) is 0. The molecule has 0 heterocycles. The Hall–Kier alpha value is -0.980. The van der Waals surface area contributed by atoms with Gasteiger partial charge in [-0.25, -0.2) is 0 Å². The van der Waals surface area contributed by atoms with Crippen molar-refractivity contribution in [3.05, 3.63) is 36.6 Å². The van der Waals surface area contributed by atoms with Crippen LogP contribution < -0.4 is 0 Å². The largest absolute Gasteiger partial charge is 0.381 e. The molecule has 0 amide bonds. The Labute approximate surface area is 69.7 Å². The van der Waals surface area contributed by atoms with Gasteiger partial charge in [-0.2, -0.15) is 0 Å². The highest BCUT2D eigenvalue weighted by atomic mass is 15.1. The molecular formula is C10H17N. The van der Waals surface area contributed by atoms with Gasteiger partial charge in [-0.05, 0) is 26.1 Å². The zero-order chi connectivity index (χ0) is 8.69. The van der Waals surface area contributed by atoms with Gasteiger partial charge in [0.05, 0.1) is 0 Å². The van der Waals surface area contributed by atoms with Crippen LogP contribution in [0.1, 0.15) is 13.8 Å². The summed E-state index contributed by atoms with van der Waals surface area (Å²) in [6.45, 7) is 8.85. The molecule has 0 aromatic heterocycles. The van der Waals surface area contributed by atoms with E-state index in [0.29, 0.717) is 0 Å². The molecule has 1 nitrogen and oxygen atoms in total. The molecule has 0 fully saturated rings. The molecule has 0 bridgehead atoms. The van der Waals surface area contributed by atoms with Crippen LogP contribution >= 0.6 is 0 Å². The summed E-state index contributed by atoms with van der Waals surface area (Å²) in [6, 6.07) is 0. The van der Waals surface area contributed by atoms with E-state index < -0.39 is 0 Å². The summed E-state index contributed by atoms with van der Waals surface area (Å²) in [7, 11) is 2.05.